The van der Waals surface area contributed by atoms with Gasteiger partial charge in [-0.25, -0.2) is 4.39 Å². The molecular weight excluding hydrogens is 253 g/mol. The van der Waals surface area contributed by atoms with E-state index >= 15 is 0 Å². The van der Waals surface area contributed by atoms with Gasteiger partial charge in [-0.05, 0) is 37.3 Å². The van der Waals surface area contributed by atoms with E-state index in [9.17, 15) is 4.39 Å². The molecule has 0 unspecified atom stereocenters. The number of nitrogens with one attached hydrogen (secondary N) is 1. The number of benzene rings is 1. The van der Waals surface area contributed by atoms with Crippen molar-refractivity contribution in [2.24, 2.45) is 11.1 Å². The minimum atomic E-state index is -0.342. The Bertz CT molecular complexity index is 494. The molecule has 1 aliphatic rings. The van der Waals surface area contributed by atoms with E-state index in [2.05, 4.69) is 18.7 Å². The largest absolute Gasteiger partial charge is 0.384 e. The maximum absolute atomic E-state index is 14.3. The fourth-order valence-corrected chi connectivity index (χ4v) is 3.14. The third-order valence-corrected chi connectivity index (χ3v) is 4.78. The van der Waals surface area contributed by atoms with Crippen LogP contribution in [0.15, 0.2) is 18.2 Å². The monoisotopic (exact) mass is 277 g/mol. The highest BCUT2D eigenvalue weighted by atomic mass is 19.1. The molecule has 110 valence electrons. The van der Waals surface area contributed by atoms with Gasteiger partial charge >= 0.3 is 0 Å². The van der Waals surface area contributed by atoms with E-state index in [1.165, 1.54) is 19.3 Å². The average Bonchev–Trinajstić information content (AvgIpc) is 2.85. The molecule has 20 heavy (non-hydrogen) atoms. The van der Waals surface area contributed by atoms with Gasteiger partial charge in [0.25, 0.3) is 0 Å². The number of likely N-dealkylation sites (tertiary alicyclic amines) is 1. The van der Waals surface area contributed by atoms with Crippen LogP contribution in [0.3, 0.4) is 0 Å². The van der Waals surface area contributed by atoms with E-state index in [4.69, 9.17) is 11.1 Å². The summed E-state index contributed by atoms with van der Waals surface area (Å²) in [5, 5.41) is 7.40. The van der Waals surface area contributed by atoms with E-state index in [-0.39, 0.29) is 17.2 Å². The van der Waals surface area contributed by atoms with Crippen LogP contribution in [0.5, 0.6) is 0 Å². The van der Waals surface area contributed by atoms with E-state index in [1.807, 2.05) is 0 Å². The summed E-state index contributed by atoms with van der Waals surface area (Å²) in [6.07, 6.45) is 3.54. The molecule has 0 saturated carbocycles. The number of hydrogen-bond acceptors (Lipinski definition) is 2. The van der Waals surface area contributed by atoms with Gasteiger partial charge in [-0.1, -0.05) is 26.0 Å². The summed E-state index contributed by atoms with van der Waals surface area (Å²) in [6.45, 7) is 7.14. The fourth-order valence-electron chi connectivity index (χ4n) is 3.14. The third kappa shape index (κ3) is 2.85. The molecule has 0 spiro atoms. The molecule has 3 N–H and O–H groups in total. The minimum absolute atomic E-state index is 0.206. The normalized spacial score (nSPS) is 18.4. The molecule has 0 atom stereocenters. The molecule has 3 nitrogen and oxygen atoms in total. The van der Waals surface area contributed by atoms with Crippen LogP contribution in [-0.4, -0.2) is 23.8 Å². The van der Waals surface area contributed by atoms with Gasteiger partial charge in [0.15, 0.2) is 0 Å². The van der Waals surface area contributed by atoms with Crippen LogP contribution in [0.1, 0.15) is 44.2 Å². The molecule has 0 amide bonds. The lowest BCUT2D eigenvalue weighted by Gasteiger charge is -2.26. The Kier molecular flexibility index (Phi) is 4.43. The van der Waals surface area contributed by atoms with Crippen molar-refractivity contribution in [3.63, 3.8) is 0 Å². The topological polar surface area (TPSA) is 53.1 Å². The van der Waals surface area contributed by atoms with Crippen molar-refractivity contribution in [1.82, 2.24) is 4.90 Å². The number of nitrogen functional groups attached to an aromatic ring is 1. The molecule has 0 bridgehead atoms. The zero-order valence-corrected chi connectivity index (χ0v) is 12.4. The second-order valence-electron chi connectivity index (χ2n) is 5.86. The molecule has 4 heteroatoms. The summed E-state index contributed by atoms with van der Waals surface area (Å²) in [4.78, 5) is 2.31. The Morgan fingerprint density at radius 2 is 2.10 bits per heavy atom. The predicted octanol–water partition coefficient (Wildman–Crippen LogP) is 3.12. The third-order valence-electron chi connectivity index (χ3n) is 4.78. The molecule has 0 aromatic heterocycles. The van der Waals surface area contributed by atoms with E-state index in [1.54, 1.807) is 18.2 Å². The zero-order chi connectivity index (χ0) is 14.8. The second-order valence-corrected chi connectivity index (χ2v) is 5.86. The van der Waals surface area contributed by atoms with Gasteiger partial charge in [-0.15, -0.1) is 0 Å². The summed E-state index contributed by atoms with van der Waals surface area (Å²) >= 11 is 0. The SMILES string of the molecule is CCC1(CC)CCN(Cc2cccc(C(=N)N)c2F)C1. The standard InChI is InChI=1S/C16H24FN3/c1-3-16(4-2)8-9-20(11-16)10-12-6-5-7-13(14(12)17)15(18)19/h5-7H,3-4,8-11H2,1-2H3,(H3,18,19). The predicted molar refractivity (Wildman–Crippen MR) is 80.3 cm³/mol. The van der Waals surface area contributed by atoms with E-state index < -0.39 is 0 Å². The van der Waals surface area contributed by atoms with Crippen LogP contribution < -0.4 is 5.73 Å². The van der Waals surface area contributed by atoms with Gasteiger partial charge in [0.1, 0.15) is 11.7 Å². The van der Waals surface area contributed by atoms with Crippen molar-refractivity contribution >= 4 is 5.84 Å². The number of rotatable bonds is 5. The van der Waals surface area contributed by atoms with Gasteiger partial charge < -0.3 is 5.73 Å². The Labute approximate surface area is 120 Å². The minimum Gasteiger partial charge on any atom is -0.384 e. The van der Waals surface area contributed by atoms with Crippen molar-refractivity contribution in [1.29, 1.82) is 5.41 Å². The first-order valence-electron chi connectivity index (χ1n) is 7.35. The molecule has 1 aliphatic heterocycles. The zero-order valence-electron chi connectivity index (χ0n) is 12.4. The Morgan fingerprint density at radius 3 is 2.65 bits per heavy atom. The van der Waals surface area contributed by atoms with Crippen molar-refractivity contribution in [2.75, 3.05) is 13.1 Å². The maximum atomic E-state index is 14.3. The van der Waals surface area contributed by atoms with Crippen LogP contribution in [0, 0.1) is 16.6 Å². The van der Waals surface area contributed by atoms with Crippen molar-refractivity contribution < 1.29 is 4.39 Å². The lowest BCUT2D eigenvalue weighted by Crippen LogP contribution is -2.26. The fraction of sp³-hybridized carbons (Fsp3) is 0.562. The van der Waals surface area contributed by atoms with Gasteiger partial charge in [0.2, 0.25) is 0 Å². The Hall–Kier alpha value is -1.42. The Morgan fingerprint density at radius 1 is 1.40 bits per heavy atom. The molecule has 0 aliphatic carbocycles. The van der Waals surface area contributed by atoms with Crippen LogP contribution in [0.25, 0.3) is 0 Å². The highest BCUT2D eigenvalue weighted by molar-refractivity contribution is 5.95. The summed E-state index contributed by atoms with van der Waals surface area (Å²) in [5.41, 5.74) is 6.65. The van der Waals surface area contributed by atoms with E-state index in [0.29, 0.717) is 17.5 Å². The van der Waals surface area contributed by atoms with Gasteiger partial charge in [0.05, 0.1) is 5.56 Å². The molecule has 1 aromatic rings. The van der Waals surface area contributed by atoms with Gasteiger partial charge in [-0.2, -0.15) is 0 Å². The van der Waals surface area contributed by atoms with Crippen molar-refractivity contribution in [3.8, 4) is 0 Å². The van der Waals surface area contributed by atoms with Gasteiger partial charge in [-0.3, -0.25) is 10.3 Å². The van der Waals surface area contributed by atoms with Crippen LogP contribution in [0.4, 0.5) is 4.39 Å². The smallest absolute Gasteiger partial charge is 0.138 e. The van der Waals surface area contributed by atoms with Crippen molar-refractivity contribution in [2.45, 2.75) is 39.7 Å². The summed E-state index contributed by atoms with van der Waals surface area (Å²) < 4.78 is 14.3. The molecular formula is C16H24FN3. The number of nitrogens with zero attached hydrogens (tertiary/aromatic N) is 1. The van der Waals surface area contributed by atoms with Crippen LogP contribution >= 0.6 is 0 Å². The van der Waals surface area contributed by atoms with Gasteiger partial charge in [0, 0.05) is 18.7 Å². The first kappa shape index (κ1) is 15.0. The molecule has 1 aromatic carbocycles. The molecule has 1 heterocycles. The first-order chi connectivity index (χ1) is 9.51. The van der Waals surface area contributed by atoms with Crippen LogP contribution in [0.2, 0.25) is 0 Å². The first-order valence-corrected chi connectivity index (χ1v) is 7.35. The summed E-state index contributed by atoms with van der Waals surface area (Å²) in [6, 6.07) is 5.13. The average molecular weight is 277 g/mol. The number of halogens is 1. The number of hydrogen-bond donors (Lipinski definition) is 2. The second kappa shape index (κ2) is 5.92. The van der Waals surface area contributed by atoms with Crippen molar-refractivity contribution in [3.05, 3.63) is 35.1 Å². The molecule has 1 fully saturated rings. The Balaban J connectivity index is 2.12. The quantitative estimate of drug-likeness (QED) is 0.642. The highest BCUT2D eigenvalue weighted by Gasteiger charge is 2.34. The lowest BCUT2D eigenvalue weighted by molar-refractivity contribution is 0.234. The van der Waals surface area contributed by atoms with E-state index in [0.717, 1.165) is 13.1 Å². The molecule has 1 saturated heterocycles. The number of amidine groups is 1. The molecule has 2 rings (SSSR count). The number of nitrogens with two attached hydrogens (primary N) is 1. The van der Waals surface area contributed by atoms with Crippen LogP contribution in [-0.2, 0) is 6.54 Å². The lowest BCUT2D eigenvalue weighted by atomic mass is 9.82. The summed E-state index contributed by atoms with van der Waals surface area (Å²) in [7, 11) is 0. The highest BCUT2D eigenvalue weighted by Crippen LogP contribution is 2.37. The molecule has 0 radical (unpaired) electrons. The summed E-state index contributed by atoms with van der Waals surface area (Å²) in [5.74, 6) is -0.548. The maximum Gasteiger partial charge on any atom is 0.138 e.